The Morgan fingerprint density at radius 2 is 1.45 bits per heavy atom. The molecule has 0 fully saturated rings. The van der Waals surface area contributed by atoms with Crippen LogP contribution in [-0.4, -0.2) is 8.07 Å². The maximum Gasteiger partial charge on any atom is 0.0942 e. The Labute approximate surface area is 124 Å². The van der Waals surface area contributed by atoms with Crippen LogP contribution in [0.15, 0.2) is 29.4 Å². The first-order valence-electron chi connectivity index (χ1n) is 7.14. The van der Waals surface area contributed by atoms with Gasteiger partial charge in [-0.05, 0) is 21.2 Å². The molecule has 0 heterocycles. The van der Waals surface area contributed by atoms with Gasteiger partial charge in [0.1, 0.15) is 0 Å². The highest BCUT2D eigenvalue weighted by molar-refractivity contribution is 6.95. The second-order valence-electron chi connectivity index (χ2n) is 7.71. The minimum absolute atomic E-state index is 0.289. The monoisotopic (exact) mass is 289 g/mol. The van der Waals surface area contributed by atoms with Gasteiger partial charge in [0.2, 0.25) is 0 Å². The van der Waals surface area contributed by atoms with Gasteiger partial charge in [0, 0.05) is 4.91 Å². The van der Waals surface area contributed by atoms with Gasteiger partial charge in [-0.1, -0.05) is 82.7 Å². The fourth-order valence-electron chi connectivity index (χ4n) is 3.05. The van der Waals surface area contributed by atoms with E-state index in [-0.39, 0.29) is 10.1 Å². The Morgan fingerprint density at radius 3 is 1.80 bits per heavy atom. The highest BCUT2D eigenvalue weighted by atomic mass is 28.3. The summed E-state index contributed by atoms with van der Waals surface area (Å²) in [6.45, 7) is 17.1. The molecular weight excluding hydrogens is 262 g/mol. The molecule has 0 bridgehead atoms. The van der Waals surface area contributed by atoms with Gasteiger partial charge in [-0.15, -0.1) is 0 Å². The molecule has 0 saturated carbocycles. The molecule has 0 spiro atoms. The largest absolute Gasteiger partial charge is 0.0942 e. The summed E-state index contributed by atoms with van der Waals surface area (Å²) in [5.41, 5.74) is 9.46. The van der Waals surface area contributed by atoms with Crippen LogP contribution in [0, 0.1) is 0 Å². The molecule has 0 atom stereocenters. The van der Waals surface area contributed by atoms with Crippen molar-refractivity contribution in [1.29, 1.82) is 0 Å². The van der Waals surface area contributed by atoms with Crippen LogP contribution in [0.3, 0.4) is 0 Å². The molecule has 1 aromatic rings. The zero-order valence-electron chi connectivity index (χ0n) is 13.9. The lowest BCUT2D eigenvalue weighted by Crippen LogP contribution is -2.58. The summed E-state index contributed by atoms with van der Waals surface area (Å²) in [6.07, 6.45) is 0. The standard InChI is InChI=1S/C16H27N3Si/c1-15(2,3)20(7,16(4,5)6)14-10-8-13(9-11-14)12-18-19-17/h8-11H,12H2,1-7H3. The average Bonchev–Trinajstić information content (AvgIpc) is 2.33. The van der Waals surface area contributed by atoms with Gasteiger partial charge in [0.05, 0.1) is 14.6 Å². The molecule has 0 saturated heterocycles. The topological polar surface area (TPSA) is 48.8 Å². The molecule has 20 heavy (non-hydrogen) atoms. The molecular formula is C16H27N3Si. The SMILES string of the molecule is CC(C)(C)[Si](C)(c1ccc(CN=[N+]=[N-])cc1)C(C)(C)C. The summed E-state index contributed by atoms with van der Waals surface area (Å²) < 4.78 is 0. The fraction of sp³-hybridized carbons (Fsp3) is 0.625. The Hall–Kier alpha value is -1.25. The summed E-state index contributed by atoms with van der Waals surface area (Å²) >= 11 is 0. The normalized spacial score (nSPS) is 12.9. The van der Waals surface area contributed by atoms with Crippen molar-refractivity contribution in [3.63, 3.8) is 0 Å². The van der Waals surface area contributed by atoms with Gasteiger partial charge >= 0.3 is 0 Å². The summed E-state index contributed by atoms with van der Waals surface area (Å²) in [7, 11) is -1.69. The van der Waals surface area contributed by atoms with Gasteiger partial charge in [-0.2, -0.15) is 0 Å². The third-order valence-corrected chi connectivity index (χ3v) is 12.3. The molecule has 0 aliphatic rings. The van der Waals surface area contributed by atoms with Crippen molar-refractivity contribution in [3.8, 4) is 0 Å². The highest BCUT2D eigenvalue weighted by Crippen LogP contribution is 2.50. The second-order valence-corrected chi connectivity index (χ2v) is 13.5. The second kappa shape index (κ2) is 5.62. The minimum atomic E-state index is -1.69. The number of nitrogens with zero attached hydrogens (tertiary/aromatic N) is 3. The lowest BCUT2D eigenvalue weighted by molar-refractivity contribution is 0.629. The molecule has 0 amide bonds. The van der Waals surface area contributed by atoms with E-state index in [2.05, 4.69) is 82.4 Å². The van der Waals surface area contributed by atoms with Gasteiger partial charge < -0.3 is 0 Å². The first kappa shape index (κ1) is 16.8. The maximum atomic E-state index is 8.39. The molecule has 3 nitrogen and oxygen atoms in total. The summed E-state index contributed by atoms with van der Waals surface area (Å²) in [5.74, 6) is 0. The molecule has 0 N–H and O–H groups in total. The van der Waals surface area contributed by atoms with Crippen LogP contribution < -0.4 is 5.19 Å². The lowest BCUT2D eigenvalue weighted by Gasteiger charge is -2.50. The van der Waals surface area contributed by atoms with Crippen LogP contribution in [0.25, 0.3) is 10.4 Å². The average molecular weight is 289 g/mol. The van der Waals surface area contributed by atoms with Gasteiger partial charge in [0.15, 0.2) is 0 Å². The van der Waals surface area contributed by atoms with E-state index in [1.54, 1.807) is 0 Å². The van der Waals surface area contributed by atoms with Crippen molar-refractivity contribution in [2.45, 2.75) is 64.7 Å². The molecule has 0 unspecified atom stereocenters. The Bertz CT molecular complexity index is 486. The molecule has 1 aromatic carbocycles. The summed E-state index contributed by atoms with van der Waals surface area (Å²) in [6, 6.07) is 8.69. The maximum absolute atomic E-state index is 8.39. The zero-order chi connectivity index (χ0) is 15.6. The number of hydrogen-bond donors (Lipinski definition) is 0. The van der Waals surface area contributed by atoms with Crippen molar-refractivity contribution >= 4 is 13.3 Å². The smallest absolute Gasteiger partial charge is 0.0893 e. The van der Waals surface area contributed by atoms with Crippen molar-refractivity contribution in [2.24, 2.45) is 5.11 Å². The van der Waals surface area contributed by atoms with E-state index >= 15 is 0 Å². The lowest BCUT2D eigenvalue weighted by atomic mass is 10.2. The van der Waals surface area contributed by atoms with E-state index in [1.807, 2.05) is 0 Å². The Balaban J connectivity index is 3.27. The predicted molar refractivity (Wildman–Crippen MR) is 90.0 cm³/mol. The van der Waals surface area contributed by atoms with Crippen LogP contribution in [0.2, 0.25) is 16.6 Å². The van der Waals surface area contributed by atoms with Crippen molar-refractivity contribution < 1.29 is 0 Å². The highest BCUT2D eigenvalue weighted by Gasteiger charge is 2.49. The zero-order valence-corrected chi connectivity index (χ0v) is 14.9. The van der Waals surface area contributed by atoms with Crippen molar-refractivity contribution in [2.75, 3.05) is 0 Å². The molecule has 4 heteroatoms. The van der Waals surface area contributed by atoms with Gasteiger partial charge in [-0.25, -0.2) is 0 Å². The number of benzene rings is 1. The van der Waals surface area contributed by atoms with E-state index in [0.29, 0.717) is 6.54 Å². The third-order valence-electron chi connectivity index (χ3n) is 4.85. The van der Waals surface area contributed by atoms with Crippen LogP contribution in [0.4, 0.5) is 0 Å². The van der Waals surface area contributed by atoms with E-state index in [9.17, 15) is 0 Å². The Morgan fingerprint density at radius 1 is 1.00 bits per heavy atom. The quantitative estimate of drug-likeness (QED) is 0.310. The summed E-state index contributed by atoms with van der Waals surface area (Å²) in [5, 5.41) is 5.68. The van der Waals surface area contributed by atoms with E-state index in [1.165, 1.54) is 5.19 Å². The van der Waals surface area contributed by atoms with Crippen LogP contribution in [0.1, 0.15) is 47.1 Å². The molecule has 110 valence electrons. The van der Waals surface area contributed by atoms with E-state index in [0.717, 1.165) is 5.56 Å². The first-order valence-corrected chi connectivity index (χ1v) is 9.64. The van der Waals surface area contributed by atoms with Gasteiger partial charge in [-0.3, -0.25) is 0 Å². The molecule has 0 aliphatic heterocycles. The first-order chi connectivity index (χ1) is 9.04. The number of azide groups is 1. The molecule has 1 rings (SSSR count). The van der Waals surface area contributed by atoms with Crippen LogP contribution >= 0.6 is 0 Å². The fourth-order valence-corrected chi connectivity index (χ4v) is 7.86. The Kier molecular flexibility index (Phi) is 4.72. The predicted octanol–water partition coefficient (Wildman–Crippen LogP) is 5.38. The van der Waals surface area contributed by atoms with Gasteiger partial charge in [0.25, 0.3) is 0 Å². The third kappa shape index (κ3) is 3.08. The van der Waals surface area contributed by atoms with Crippen LogP contribution in [0.5, 0.6) is 0 Å². The van der Waals surface area contributed by atoms with Crippen molar-refractivity contribution in [3.05, 3.63) is 40.3 Å². The van der Waals surface area contributed by atoms with E-state index < -0.39 is 8.07 Å². The molecule has 0 radical (unpaired) electrons. The minimum Gasteiger partial charge on any atom is -0.0893 e. The van der Waals surface area contributed by atoms with Crippen LogP contribution in [-0.2, 0) is 6.54 Å². The number of hydrogen-bond acceptors (Lipinski definition) is 1. The van der Waals surface area contributed by atoms with E-state index in [4.69, 9.17) is 5.53 Å². The number of rotatable bonds is 3. The molecule has 0 aromatic heterocycles. The molecule has 0 aliphatic carbocycles. The van der Waals surface area contributed by atoms with Crippen molar-refractivity contribution in [1.82, 2.24) is 0 Å². The summed E-state index contributed by atoms with van der Waals surface area (Å²) in [4.78, 5) is 2.81.